The summed E-state index contributed by atoms with van der Waals surface area (Å²) in [5.74, 6) is 5.03. The summed E-state index contributed by atoms with van der Waals surface area (Å²) in [5, 5.41) is 14.6. The molecule has 2 amide bonds. The van der Waals surface area contributed by atoms with Crippen molar-refractivity contribution in [2.45, 2.75) is 38.1 Å². The molecule has 0 atom stereocenters. The Balaban J connectivity index is 1.73. The molecule has 0 saturated carbocycles. The van der Waals surface area contributed by atoms with Crippen LogP contribution in [0.1, 0.15) is 37.7 Å². The Morgan fingerprint density at radius 1 is 1.21 bits per heavy atom. The van der Waals surface area contributed by atoms with Gasteiger partial charge in [0.1, 0.15) is 0 Å². The van der Waals surface area contributed by atoms with E-state index in [1.807, 2.05) is 0 Å². The summed E-state index contributed by atoms with van der Waals surface area (Å²) in [6, 6.07) is 5.18. The largest absolute Gasteiger partial charge is 0.353 e. The maximum atomic E-state index is 12.4. The van der Waals surface area contributed by atoms with E-state index in [1.165, 1.54) is 6.08 Å². The highest BCUT2D eigenvalue weighted by molar-refractivity contribution is 6.34. The second-order valence-electron chi connectivity index (χ2n) is 6.82. The lowest BCUT2D eigenvalue weighted by atomic mass is 10.0. The number of nitrogens with two attached hydrogens (primary N) is 1. The first-order valence-electron chi connectivity index (χ1n) is 9.41. The fraction of sp³-hybridized carbons (Fsp3) is 0.400. The smallest absolute Gasteiger partial charge is 0.246 e. The SMILES string of the molecule is N=CC(CCCC(=O)NC1CCN(C(=O)/C=C/c2cc(Cl)cc(Cl)c2)CC1)=NN. The summed E-state index contributed by atoms with van der Waals surface area (Å²) in [4.78, 5) is 26.2. The maximum absolute atomic E-state index is 12.4. The molecular formula is C20H25Cl2N5O2. The average Bonchev–Trinajstić information content (AvgIpc) is 2.69. The van der Waals surface area contributed by atoms with Crippen molar-refractivity contribution in [2.24, 2.45) is 10.9 Å². The average molecular weight is 438 g/mol. The van der Waals surface area contributed by atoms with Gasteiger partial charge in [0.05, 0.1) is 5.71 Å². The molecule has 9 heteroatoms. The lowest BCUT2D eigenvalue weighted by Crippen LogP contribution is -2.46. The molecule has 156 valence electrons. The predicted molar refractivity (Wildman–Crippen MR) is 117 cm³/mol. The van der Waals surface area contributed by atoms with Gasteiger partial charge in [-0.05, 0) is 55.5 Å². The highest BCUT2D eigenvalue weighted by atomic mass is 35.5. The number of hydrogen-bond acceptors (Lipinski definition) is 5. The molecule has 1 aromatic rings. The van der Waals surface area contributed by atoms with Crippen LogP contribution in [0.15, 0.2) is 29.4 Å². The summed E-state index contributed by atoms with van der Waals surface area (Å²) in [6.07, 6.45) is 7.19. The second kappa shape index (κ2) is 11.6. The van der Waals surface area contributed by atoms with Gasteiger partial charge in [0.25, 0.3) is 0 Å². The van der Waals surface area contributed by atoms with Gasteiger partial charge in [-0.25, -0.2) is 0 Å². The highest BCUT2D eigenvalue weighted by Gasteiger charge is 2.22. The number of hydrogen-bond donors (Lipinski definition) is 3. The first-order chi connectivity index (χ1) is 13.9. The van der Waals surface area contributed by atoms with Crippen LogP contribution in [-0.4, -0.2) is 47.8 Å². The zero-order valence-corrected chi connectivity index (χ0v) is 17.5. The molecule has 0 aliphatic carbocycles. The minimum absolute atomic E-state index is 0.0335. The zero-order chi connectivity index (χ0) is 21.2. The number of carbonyl (C=O) groups excluding carboxylic acids is 2. The fourth-order valence-corrected chi connectivity index (χ4v) is 3.64. The van der Waals surface area contributed by atoms with E-state index in [4.69, 9.17) is 34.5 Å². The van der Waals surface area contributed by atoms with Crippen molar-refractivity contribution in [1.82, 2.24) is 10.2 Å². The number of halogens is 2. The van der Waals surface area contributed by atoms with Crippen LogP contribution < -0.4 is 11.2 Å². The number of nitrogens with zero attached hydrogens (tertiary/aromatic N) is 2. The Hall–Kier alpha value is -2.38. The van der Waals surface area contributed by atoms with Gasteiger partial charge >= 0.3 is 0 Å². The van der Waals surface area contributed by atoms with Gasteiger partial charge in [-0.3, -0.25) is 9.59 Å². The third kappa shape index (κ3) is 7.87. The van der Waals surface area contributed by atoms with Crippen molar-refractivity contribution in [3.05, 3.63) is 39.9 Å². The second-order valence-corrected chi connectivity index (χ2v) is 7.69. The minimum Gasteiger partial charge on any atom is -0.353 e. The van der Waals surface area contributed by atoms with Gasteiger partial charge < -0.3 is 21.5 Å². The first kappa shape index (κ1) is 22.9. The van der Waals surface area contributed by atoms with E-state index in [1.54, 1.807) is 29.2 Å². The number of carbonyl (C=O) groups is 2. The van der Waals surface area contributed by atoms with Gasteiger partial charge in [-0.2, -0.15) is 5.10 Å². The monoisotopic (exact) mass is 437 g/mol. The molecule has 7 nitrogen and oxygen atoms in total. The molecule has 1 heterocycles. The summed E-state index contributed by atoms with van der Waals surface area (Å²) < 4.78 is 0. The van der Waals surface area contributed by atoms with Gasteiger partial charge in [-0.1, -0.05) is 23.2 Å². The molecule has 1 aliphatic heterocycles. The Morgan fingerprint density at radius 2 is 1.86 bits per heavy atom. The molecule has 1 fully saturated rings. The van der Waals surface area contributed by atoms with Crippen molar-refractivity contribution in [2.75, 3.05) is 13.1 Å². The molecule has 0 radical (unpaired) electrons. The molecule has 0 spiro atoms. The van der Waals surface area contributed by atoms with Crippen molar-refractivity contribution in [3.63, 3.8) is 0 Å². The Kier molecular flexibility index (Phi) is 9.15. The lowest BCUT2D eigenvalue weighted by Gasteiger charge is -2.31. The van der Waals surface area contributed by atoms with Gasteiger partial charge in [0.15, 0.2) is 0 Å². The van der Waals surface area contributed by atoms with Crippen LogP contribution in [0.25, 0.3) is 6.08 Å². The first-order valence-corrected chi connectivity index (χ1v) is 10.2. The highest BCUT2D eigenvalue weighted by Crippen LogP contribution is 2.20. The Labute approximate surface area is 180 Å². The van der Waals surface area contributed by atoms with Gasteiger partial charge in [-0.15, -0.1) is 0 Å². The summed E-state index contributed by atoms with van der Waals surface area (Å²) in [5.41, 5.74) is 1.24. The van der Waals surface area contributed by atoms with Gasteiger partial charge in [0, 0.05) is 47.9 Å². The van der Waals surface area contributed by atoms with E-state index in [0.717, 1.165) is 11.8 Å². The number of likely N-dealkylation sites (tertiary alicyclic amines) is 1. The normalized spacial score (nSPS) is 15.5. The third-order valence-electron chi connectivity index (χ3n) is 4.64. The third-order valence-corrected chi connectivity index (χ3v) is 5.08. The molecule has 4 N–H and O–H groups in total. The number of benzene rings is 1. The molecule has 29 heavy (non-hydrogen) atoms. The van der Waals surface area contributed by atoms with Crippen molar-refractivity contribution in [1.29, 1.82) is 5.41 Å². The van der Waals surface area contributed by atoms with E-state index >= 15 is 0 Å². The standard InChI is InChI=1S/C20H25Cl2N5O2/c21-15-10-14(11-16(22)12-15)4-5-20(29)27-8-6-17(7-9-27)25-19(28)3-1-2-18(13-23)26-24/h4-5,10-13,17,23H,1-3,6-9,24H2,(H,25,28)/b5-4+,23-13?,26-18?. The quantitative estimate of drug-likeness (QED) is 0.251. The molecule has 0 unspecified atom stereocenters. The Morgan fingerprint density at radius 3 is 2.45 bits per heavy atom. The Bertz CT molecular complexity index is 782. The summed E-state index contributed by atoms with van der Waals surface area (Å²) in [6.45, 7) is 1.17. The van der Waals surface area contributed by atoms with E-state index in [-0.39, 0.29) is 17.9 Å². The lowest BCUT2D eigenvalue weighted by molar-refractivity contribution is -0.127. The van der Waals surface area contributed by atoms with Gasteiger partial charge in [0.2, 0.25) is 11.8 Å². The fourth-order valence-electron chi connectivity index (χ4n) is 3.09. The van der Waals surface area contributed by atoms with Crippen LogP contribution in [0.4, 0.5) is 0 Å². The topological polar surface area (TPSA) is 112 Å². The van der Waals surface area contributed by atoms with Crippen LogP contribution in [-0.2, 0) is 9.59 Å². The predicted octanol–water partition coefficient (Wildman–Crippen LogP) is 3.25. The van der Waals surface area contributed by atoms with Crippen molar-refractivity contribution in [3.8, 4) is 0 Å². The van der Waals surface area contributed by atoms with Crippen LogP contribution in [0.3, 0.4) is 0 Å². The van der Waals surface area contributed by atoms with Crippen LogP contribution >= 0.6 is 23.2 Å². The van der Waals surface area contributed by atoms with Crippen LogP contribution in [0.2, 0.25) is 10.0 Å². The molecule has 1 aliphatic rings. The number of amides is 2. The van der Waals surface area contributed by atoms with E-state index < -0.39 is 0 Å². The molecule has 1 aromatic carbocycles. The molecule has 1 saturated heterocycles. The van der Waals surface area contributed by atoms with Crippen molar-refractivity contribution >= 4 is 53.0 Å². The summed E-state index contributed by atoms with van der Waals surface area (Å²) in [7, 11) is 0. The van der Waals surface area contributed by atoms with Crippen molar-refractivity contribution < 1.29 is 9.59 Å². The summed E-state index contributed by atoms with van der Waals surface area (Å²) >= 11 is 11.9. The zero-order valence-electron chi connectivity index (χ0n) is 16.0. The van der Waals surface area contributed by atoms with E-state index in [9.17, 15) is 9.59 Å². The maximum Gasteiger partial charge on any atom is 0.246 e. The van der Waals surface area contributed by atoms with E-state index in [0.29, 0.717) is 61.0 Å². The number of rotatable bonds is 8. The molecular weight excluding hydrogens is 413 g/mol. The van der Waals surface area contributed by atoms with Crippen LogP contribution in [0.5, 0.6) is 0 Å². The molecule has 0 aromatic heterocycles. The van der Waals surface area contributed by atoms with E-state index in [2.05, 4.69) is 10.4 Å². The molecule has 2 rings (SSSR count). The number of hydrazone groups is 1. The van der Waals surface area contributed by atoms with Crippen LogP contribution in [0, 0.1) is 5.41 Å². The minimum atomic E-state index is -0.0777. The number of nitrogens with one attached hydrogen (secondary N) is 2. The number of piperidine rings is 1. The molecule has 0 bridgehead atoms.